The lowest BCUT2D eigenvalue weighted by molar-refractivity contribution is 0.0412. The second-order valence-electron chi connectivity index (χ2n) is 9.21. The van der Waals surface area contributed by atoms with Crippen LogP contribution in [0.1, 0.15) is 36.3 Å². The highest BCUT2D eigenvalue weighted by molar-refractivity contribution is 6.35. The number of ether oxygens (including phenoxy) is 1. The highest BCUT2D eigenvalue weighted by Gasteiger charge is 2.31. The molecule has 9 heteroatoms. The number of carbonyl (C=O) groups excluding carboxylic acids is 2. The van der Waals surface area contributed by atoms with Crippen LogP contribution in [0.2, 0.25) is 5.02 Å². The van der Waals surface area contributed by atoms with Crippen molar-refractivity contribution in [1.82, 2.24) is 25.0 Å². The van der Waals surface area contributed by atoms with Crippen molar-refractivity contribution in [2.75, 3.05) is 26.2 Å². The minimum absolute atomic E-state index is 0.0934. The van der Waals surface area contributed by atoms with E-state index in [1.807, 2.05) is 51.1 Å². The van der Waals surface area contributed by atoms with Crippen molar-refractivity contribution in [2.45, 2.75) is 33.2 Å². The van der Waals surface area contributed by atoms with Gasteiger partial charge in [-0.05, 0) is 50.6 Å². The maximum absolute atomic E-state index is 13.4. The van der Waals surface area contributed by atoms with E-state index in [0.29, 0.717) is 42.3 Å². The molecule has 0 saturated carbocycles. The lowest BCUT2D eigenvalue weighted by atomic mass is 10.0. The maximum atomic E-state index is 13.4. The van der Waals surface area contributed by atoms with Crippen molar-refractivity contribution in [1.29, 1.82) is 0 Å². The molecular formula is C27H28ClN5O3. The van der Waals surface area contributed by atoms with Gasteiger partial charge in [0.1, 0.15) is 0 Å². The molecule has 0 bridgehead atoms. The zero-order valence-electron chi connectivity index (χ0n) is 20.5. The average Bonchev–Trinajstić information content (AvgIpc) is 3.26. The van der Waals surface area contributed by atoms with Crippen molar-refractivity contribution in [2.24, 2.45) is 0 Å². The van der Waals surface area contributed by atoms with E-state index in [9.17, 15) is 9.59 Å². The largest absolute Gasteiger partial charge is 0.449 e. The number of benzene rings is 2. The molecular weight excluding hydrogens is 478 g/mol. The van der Waals surface area contributed by atoms with Gasteiger partial charge in [-0.25, -0.2) is 9.78 Å². The molecule has 1 fully saturated rings. The minimum atomic E-state index is -0.322. The number of halogens is 1. The number of rotatable bonds is 4. The van der Waals surface area contributed by atoms with Gasteiger partial charge in [-0.15, -0.1) is 0 Å². The summed E-state index contributed by atoms with van der Waals surface area (Å²) in [5.74, 6) is -0.0934. The smallest absolute Gasteiger partial charge is 0.410 e. The van der Waals surface area contributed by atoms with Crippen LogP contribution >= 0.6 is 11.6 Å². The van der Waals surface area contributed by atoms with Gasteiger partial charge in [0.05, 0.1) is 28.4 Å². The molecule has 186 valence electrons. The van der Waals surface area contributed by atoms with Crippen LogP contribution in [0.3, 0.4) is 0 Å². The second kappa shape index (κ2) is 9.78. The molecule has 0 spiro atoms. The number of H-pyrrole nitrogens is 1. The minimum Gasteiger partial charge on any atom is -0.449 e. The molecule has 8 nitrogen and oxygen atoms in total. The molecule has 0 aliphatic carbocycles. The molecule has 1 aliphatic rings. The number of fused-ring (bicyclic) bond motifs is 2. The number of piperazine rings is 1. The lowest BCUT2D eigenvalue weighted by Crippen LogP contribution is -2.55. The molecule has 2 amide bonds. The first-order valence-corrected chi connectivity index (χ1v) is 12.5. The number of hydrogen-bond acceptors (Lipinski definition) is 5. The summed E-state index contributed by atoms with van der Waals surface area (Å²) in [6.45, 7) is 7.59. The third-order valence-electron chi connectivity index (χ3n) is 6.63. The van der Waals surface area contributed by atoms with Crippen molar-refractivity contribution >= 4 is 45.4 Å². The highest BCUT2D eigenvalue weighted by atomic mass is 35.5. The van der Waals surface area contributed by atoms with E-state index in [4.69, 9.17) is 21.3 Å². The molecule has 2 aromatic heterocycles. The topological polar surface area (TPSA) is 91.4 Å². The number of hydrogen-bond donors (Lipinski definition) is 1. The Balaban J connectivity index is 1.40. The van der Waals surface area contributed by atoms with Crippen molar-refractivity contribution in [3.8, 4) is 11.3 Å². The molecule has 0 unspecified atom stereocenters. The van der Waals surface area contributed by atoms with Crippen molar-refractivity contribution in [3.05, 3.63) is 58.7 Å². The van der Waals surface area contributed by atoms with E-state index >= 15 is 0 Å². The zero-order chi connectivity index (χ0) is 25.4. The molecule has 1 atom stereocenters. The first-order chi connectivity index (χ1) is 17.4. The number of pyridine rings is 1. The number of amides is 2. The Hall–Kier alpha value is -3.65. The fourth-order valence-electron chi connectivity index (χ4n) is 4.63. The van der Waals surface area contributed by atoms with Crippen LogP contribution in [-0.4, -0.2) is 69.3 Å². The zero-order valence-corrected chi connectivity index (χ0v) is 21.3. The normalized spacial score (nSPS) is 16.1. The molecule has 1 saturated heterocycles. The Morgan fingerprint density at radius 2 is 1.94 bits per heavy atom. The fourth-order valence-corrected chi connectivity index (χ4v) is 4.90. The van der Waals surface area contributed by atoms with Crippen LogP contribution in [0.4, 0.5) is 4.79 Å². The third-order valence-corrected chi connectivity index (χ3v) is 6.94. The van der Waals surface area contributed by atoms with E-state index in [0.717, 1.165) is 39.7 Å². The first-order valence-electron chi connectivity index (χ1n) is 12.1. The molecule has 5 rings (SSSR count). The van der Waals surface area contributed by atoms with E-state index in [1.54, 1.807) is 21.9 Å². The Kier molecular flexibility index (Phi) is 6.53. The number of aromatic amines is 1. The monoisotopic (exact) mass is 505 g/mol. The summed E-state index contributed by atoms with van der Waals surface area (Å²) in [7, 11) is 0. The molecule has 1 N–H and O–H groups in total. The quantitative estimate of drug-likeness (QED) is 0.399. The van der Waals surface area contributed by atoms with Crippen molar-refractivity contribution < 1.29 is 14.3 Å². The summed E-state index contributed by atoms with van der Waals surface area (Å²) in [5.41, 5.74) is 4.73. The van der Waals surface area contributed by atoms with Crippen LogP contribution < -0.4 is 0 Å². The van der Waals surface area contributed by atoms with Gasteiger partial charge in [0.15, 0.2) is 0 Å². The van der Waals surface area contributed by atoms with Gasteiger partial charge in [-0.3, -0.25) is 9.89 Å². The van der Waals surface area contributed by atoms with E-state index in [1.165, 1.54) is 0 Å². The van der Waals surface area contributed by atoms with E-state index in [-0.39, 0.29) is 18.0 Å². The first kappa shape index (κ1) is 24.1. The second-order valence-corrected chi connectivity index (χ2v) is 9.62. The summed E-state index contributed by atoms with van der Waals surface area (Å²) in [6, 6.07) is 13.1. The van der Waals surface area contributed by atoms with Gasteiger partial charge in [-0.2, -0.15) is 5.10 Å². The Bertz CT molecular complexity index is 1470. The van der Waals surface area contributed by atoms with Crippen LogP contribution in [0, 0.1) is 6.92 Å². The number of aryl methyl sites for hydroxylation is 1. The standard InChI is InChI=1S/C27H28ClN5O3/c1-4-11-36-27(35)33-10-9-32(15-16(33)2)26(34)19-5-7-20-22(28)14-24(29-25(20)13-19)18-6-8-23-21(12-18)17(3)30-31-23/h5-8,12-14,16H,4,9-11,15H2,1-3H3,(H,30,31)/t16-/m1/s1. The SMILES string of the molecule is CCCOC(=O)N1CCN(C(=O)c2ccc3c(Cl)cc(-c4ccc5n[nH]c(C)c5c4)nc3c2)C[C@H]1C. The Morgan fingerprint density at radius 1 is 1.11 bits per heavy atom. The van der Waals surface area contributed by atoms with Crippen molar-refractivity contribution in [3.63, 3.8) is 0 Å². The van der Waals surface area contributed by atoms with Gasteiger partial charge < -0.3 is 14.5 Å². The van der Waals surface area contributed by atoms with Crippen LogP contribution in [0.15, 0.2) is 42.5 Å². The Morgan fingerprint density at radius 3 is 2.72 bits per heavy atom. The summed E-state index contributed by atoms with van der Waals surface area (Å²) in [4.78, 5) is 33.9. The number of aromatic nitrogens is 3. The number of nitrogens with zero attached hydrogens (tertiary/aromatic N) is 4. The van der Waals surface area contributed by atoms with Crippen LogP contribution in [-0.2, 0) is 4.74 Å². The predicted octanol–water partition coefficient (Wildman–Crippen LogP) is 5.43. The summed E-state index contributed by atoms with van der Waals surface area (Å²) < 4.78 is 5.27. The van der Waals surface area contributed by atoms with Gasteiger partial charge in [0.25, 0.3) is 5.91 Å². The molecule has 2 aromatic carbocycles. The van der Waals surface area contributed by atoms with Gasteiger partial charge in [0.2, 0.25) is 0 Å². The fraction of sp³-hybridized carbons (Fsp3) is 0.333. The average molecular weight is 506 g/mol. The summed E-state index contributed by atoms with van der Waals surface area (Å²) in [6.07, 6.45) is 0.454. The molecule has 1 aliphatic heterocycles. The number of carbonyl (C=O) groups is 2. The highest BCUT2D eigenvalue weighted by Crippen LogP contribution is 2.31. The van der Waals surface area contributed by atoms with E-state index < -0.39 is 0 Å². The molecule has 36 heavy (non-hydrogen) atoms. The lowest BCUT2D eigenvalue weighted by Gasteiger charge is -2.39. The summed E-state index contributed by atoms with van der Waals surface area (Å²) in [5, 5.41) is 9.68. The maximum Gasteiger partial charge on any atom is 0.410 e. The summed E-state index contributed by atoms with van der Waals surface area (Å²) >= 11 is 6.62. The van der Waals surface area contributed by atoms with Gasteiger partial charge in [0, 0.05) is 53.3 Å². The van der Waals surface area contributed by atoms with Gasteiger partial charge in [-0.1, -0.05) is 30.7 Å². The Labute approximate surface area is 214 Å². The number of nitrogens with one attached hydrogen (secondary N) is 1. The van der Waals surface area contributed by atoms with Crippen LogP contribution in [0.25, 0.3) is 33.1 Å². The van der Waals surface area contributed by atoms with Crippen LogP contribution in [0.5, 0.6) is 0 Å². The van der Waals surface area contributed by atoms with E-state index in [2.05, 4.69) is 10.2 Å². The van der Waals surface area contributed by atoms with Gasteiger partial charge >= 0.3 is 6.09 Å². The molecule has 4 aromatic rings. The molecule has 3 heterocycles. The third kappa shape index (κ3) is 4.48. The predicted molar refractivity (Wildman–Crippen MR) is 140 cm³/mol. The molecule has 0 radical (unpaired) electrons.